The smallest absolute Gasteiger partial charge is 0.307 e. The molecule has 1 atom stereocenters. The monoisotopic (exact) mass is 400 g/mol. The topological polar surface area (TPSA) is 91.6 Å². The van der Waals surface area contributed by atoms with Crippen molar-refractivity contribution >= 4 is 34.4 Å². The number of carbonyl (C=O) groups is 2. The second kappa shape index (κ2) is 8.04. The Kier molecular flexibility index (Phi) is 5.72. The molecule has 0 saturated carbocycles. The zero-order valence-corrected chi connectivity index (χ0v) is 16.3. The van der Waals surface area contributed by atoms with Crippen LogP contribution >= 0.6 is 11.6 Å². The molecule has 28 heavy (non-hydrogen) atoms. The standard InChI is InChI=1S/C21H21ClN2O4/c1-12-7-16(22)15-10-19(24(2)18(15)8-12)21(28)23-17(11-25)14-5-3-13(4-6-14)9-20(26)27/h3-8,10,17,25H,9,11H2,1-2H3,(H,23,28)(H,26,27)/t17-/m1/s1. The number of aryl methyl sites for hydroxylation is 2. The number of carboxylic acid groups (broad SMARTS) is 1. The van der Waals surface area contributed by atoms with Gasteiger partial charge in [-0.3, -0.25) is 9.59 Å². The minimum absolute atomic E-state index is 0.0768. The SMILES string of the molecule is Cc1cc(Cl)c2cc(C(=O)N[C@H](CO)c3ccc(CC(=O)O)cc3)n(C)c2c1. The molecular weight excluding hydrogens is 380 g/mol. The third-order valence-electron chi connectivity index (χ3n) is 4.71. The first-order valence-corrected chi connectivity index (χ1v) is 9.16. The lowest BCUT2D eigenvalue weighted by atomic mass is 10.0. The van der Waals surface area contributed by atoms with Crippen LogP contribution in [0.15, 0.2) is 42.5 Å². The minimum atomic E-state index is -0.913. The minimum Gasteiger partial charge on any atom is -0.481 e. The molecular formula is C21H21ClN2O4. The Morgan fingerprint density at radius 2 is 1.86 bits per heavy atom. The van der Waals surface area contributed by atoms with Gasteiger partial charge in [-0.05, 0) is 41.8 Å². The van der Waals surface area contributed by atoms with E-state index in [2.05, 4.69) is 5.32 Å². The van der Waals surface area contributed by atoms with Crippen molar-refractivity contribution in [3.63, 3.8) is 0 Å². The summed E-state index contributed by atoms with van der Waals surface area (Å²) in [6, 6.07) is 11.7. The number of hydrogen-bond donors (Lipinski definition) is 3. The third-order valence-corrected chi connectivity index (χ3v) is 5.03. The van der Waals surface area contributed by atoms with Crippen LogP contribution in [0.25, 0.3) is 10.9 Å². The molecule has 0 aliphatic carbocycles. The highest BCUT2D eigenvalue weighted by Crippen LogP contribution is 2.28. The predicted octanol–water partition coefficient (Wildman–Crippen LogP) is 3.23. The molecule has 3 rings (SSSR count). The first-order chi connectivity index (χ1) is 13.3. The molecule has 0 radical (unpaired) electrons. The van der Waals surface area contributed by atoms with E-state index in [4.69, 9.17) is 16.7 Å². The fourth-order valence-corrected chi connectivity index (χ4v) is 3.57. The lowest BCUT2D eigenvalue weighted by Gasteiger charge is -2.17. The molecule has 2 aromatic carbocycles. The van der Waals surface area contributed by atoms with Gasteiger partial charge in [-0.2, -0.15) is 0 Å². The van der Waals surface area contributed by atoms with Gasteiger partial charge in [-0.25, -0.2) is 0 Å². The maximum Gasteiger partial charge on any atom is 0.307 e. The number of aliphatic hydroxyl groups excluding tert-OH is 1. The summed E-state index contributed by atoms with van der Waals surface area (Å²) >= 11 is 6.31. The van der Waals surface area contributed by atoms with Gasteiger partial charge in [0, 0.05) is 12.4 Å². The quantitative estimate of drug-likeness (QED) is 0.592. The number of fused-ring (bicyclic) bond motifs is 1. The third kappa shape index (κ3) is 4.03. The van der Waals surface area contributed by atoms with Crippen molar-refractivity contribution in [2.45, 2.75) is 19.4 Å². The Hall–Kier alpha value is -2.83. The fourth-order valence-electron chi connectivity index (χ4n) is 3.25. The number of carbonyl (C=O) groups excluding carboxylic acids is 1. The molecule has 0 spiro atoms. The molecule has 1 heterocycles. The van der Waals surface area contributed by atoms with E-state index in [0.717, 1.165) is 16.5 Å². The molecule has 3 aromatic rings. The first kappa shape index (κ1) is 19.9. The van der Waals surface area contributed by atoms with Crippen molar-refractivity contribution in [1.29, 1.82) is 0 Å². The summed E-state index contributed by atoms with van der Waals surface area (Å²) in [5, 5.41) is 22.8. The molecule has 1 aromatic heterocycles. The van der Waals surface area contributed by atoms with Crippen LogP contribution in [-0.2, 0) is 18.3 Å². The van der Waals surface area contributed by atoms with E-state index in [1.54, 1.807) is 41.9 Å². The highest BCUT2D eigenvalue weighted by atomic mass is 35.5. The van der Waals surface area contributed by atoms with Crippen LogP contribution in [0.1, 0.15) is 33.2 Å². The highest BCUT2D eigenvalue weighted by molar-refractivity contribution is 6.35. The summed E-state index contributed by atoms with van der Waals surface area (Å²) in [4.78, 5) is 23.6. The zero-order valence-electron chi connectivity index (χ0n) is 15.6. The number of aliphatic carboxylic acids is 1. The van der Waals surface area contributed by atoms with Gasteiger partial charge in [-0.15, -0.1) is 0 Å². The van der Waals surface area contributed by atoms with Crippen LogP contribution in [0.5, 0.6) is 0 Å². The predicted molar refractivity (Wildman–Crippen MR) is 108 cm³/mol. The van der Waals surface area contributed by atoms with Gasteiger partial charge in [0.2, 0.25) is 0 Å². The van der Waals surface area contributed by atoms with Crippen molar-refractivity contribution in [3.8, 4) is 0 Å². The number of aromatic nitrogens is 1. The fraction of sp³-hybridized carbons (Fsp3) is 0.238. The second-order valence-corrected chi connectivity index (χ2v) is 7.20. The number of halogens is 1. The van der Waals surface area contributed by atoms with Crippen molar-refractivity contribution in [1.82, 2.24) is 9.88 Å². The Balaban J connectivity index is 1.84. The lowest BCUT2D eigenvalue weighted by molar-refractivity contribution is -0.136. The van der Waals surface area contributed by atoms with Crippen LogP contribution in [0.2, 0.25) is 5.02 Å². The van der Waals surface area contributed by atoms with Crippen LogP contribution in [0.4, 0.5) is 0 Å². The van der Waals surface area contributed by atoms with E-state index in [1.165, 1.54) is 0 Å². The van der Waals surface area contributed by atoms with Crippen LogP contribution in [-0.4, -0.2) is 33.3 Å². The van der Waals surface area contributed by atoms with Crippen molar-refractivity contribution < 1.29 is 19.8 Å². The molecule has 6 nitrogen and oxygen atoms in total. The van der Waals surface area contributed by atoms with Gasteiger partial charge in [0.15, 0.2) is 0 Å². The summed E-state index contributed by atoms with van der Waals surface area (Å²) in [7, 11) is 1.79. The van der Waals surface area contributed by atoms with E-state index >= 15 is 0 Å². The number of benzene rings is 2. The average Bonchev–Trinajstić information content (AvgIpc) is 2.97. The van der Waals surface area contributed by atoms with E-state index in [9.17, 15) is 14.7 Å². The van der Waals surface area contributed by atoms with Crippen molar-refractivity contribution in [2.75, 3.05) is 6.61 Å². The molecule has 0 saturated heterocycles. The Morgan fingerprint density at radius 3 is 2.46 bits per heavy atom. The number of rotatable bonds is 6. The van der Waals surface area contributed by atoms with Gasteiger partial charge in [-0.1, -0.05) is 35.9 Å². The van der Waals surface area contributed by atoms with Crippen LogP contribution < -0.4 is 5.32 Å². The molecule has 0 fully saturated rings. The van der Waals surface area contributed by atoms with Crippen LogP contribution in [0, 0.1) is 6.92 Å². The van der Waals surface area contributed by atoms with E-state index in [-0.39, 0.29) is 18.9 Å². The van der Waals surface area contributed by atoms with Gasteiger partial charge in [0.05, 0.1) is 29.6 Å². The van der Waals surface area contributed by atoms with E-state index in [0.29, 0.717) is 21.8 Å². The maximum atomic E-state index is 12.8. The van der Waals surface area contributed by atoms with Crippen molar-refractivity contribution in [2.24, 2.45) is 7.05 Å². The molecule has 7 heteroatoms. The van der Waals surface area contributed by atoms with Gasteiger partial charge in [0.1, 0.15) is 5.69 Å². The summed E-state index contributed by atoms with van der Waals surface area (Å²) in [5.41, 5.74) is 3.63. The Bertz CT molecular complexity index is 1040. The highest BCUT2D eigenvalue weighted by Gasteiger charge is 2.19. The molecule has 0 unspecified atom stereocenters. The summed E-state index contributed by atoms with van der Waals surface area (Å²) in [5.74, 6) is -1.24. The summed E-state index contributed by atoms with van der Waals surface area (Å²) < 4.78 is 1.77. The number of amides is 1. The first-order valence-electron chi connectivity index (χ1n) is 8.78. The molecule has 0 bridgehead atoms. The maximum absolute atomic E-state index is 12.8. The van der Waals surface area contributed by atoms with E-state index in [1.807, 2.05) is 19.1 Å². The average molecular weight is 401 g/mol. The number of nitrogens with one attached hydrogen (secondary N) is 1. The van der Waals surface area contributed by atoms with Crippen LogP contribution in [0.3, 0.4) is 0 Å². The van der Waals surface area contributed by atoms with E-state index < -0.39 is 12.0 Å². The number of carboxylic acids is 1. The Morgan fingerprint density at radius 1 is 1.18 bits per heavy atom. The second-order valence-electron chi connectivity index (χ2n) is 6.79. The van der Waals surface area contributed by atoms with Crippen molar-refractivity contribution in [3.05, 3.63) is 69.9 Å². The number of aliphatic hydroxyl groups is 1. The summed E-state index contributed by atoms with van der Waals surface area (Å²) in [6.07, 6.45) is -0.0768. The van der Waals surface area contributed by atoms with Gasteiger partial charge in [0.25, 0.3) is 5.91 Å². The molecule has 0 aliphatic rings. The lowest BCUT2D eigenvalue weighted by Crippen LogP contribution is -2.32. The molecule has 146 valence electrons. The molecule has 1 amide bonds. The molecule has 0 aliphatic heterocycles. The normalized spacial score (nSPS) is 12.1. The zero-order chi connectivity index (χ0) is 20.4. The number of nitrogens with zero attached hydrogens (tertiary/aromatic N) is 1. The van der Waals surface area contributed by atoms with Gasteiger partial charge < -0.3 is 20.1 Å². The summed E-state index contributed by atoms with van der Waals surface area (Å²) in [6.45, 7) is 1.65. The molecule has 3 N–H and O–H groups in total. The Labute approximate surface area is 167 Å². The largest absolute Gasteiger partial charge is 0.481 e. The van der Waals surface area contributed by atoms with Gasteiger partial charge >= 0.3 is 5.97 Å². The number of hydrogen-bond acceptors (Lipinski definition) is 3.